The zero-order valence-corrected chi connectivity index (χ0v) is 14.7. The molecule has 1 aliphatic rings. The topological polar surface area (TPSA) is 38.3 Å². The van der Waals surface area contributed by atoms with Gasteiger partial charge in [0.25, 0.3) is 5.91 Å². The number of nitrogens with one attached hydrogen (secondary N) is 1. The molecule has 0 saturated heterocycles. The van der Waals surface area contributed by atoms with Gasteiger partial charge in [0.15, 0.2) is 6.61 Å². The van der Waals surface area contributed by atoms with Crippen LogP contribution in [0.2, 0.25) is 0 Å². The van der Waals surface area contributed by atoms with Crippen molar-refractivity contribution < 1.29 is 9.53 Å². The number of hydrogen-bond acceptors (Lipinski definition) is 2. The summed E-state index contributed by atoms with van der Waals surface area (Å²) in [5.74, 6) is 0.738. The van der Waals surface area contributed by atoms with Crippen molar-refractivity contribution in [2.24, 2.45) is 0 Å². The van der Waals surface area contributed by atoms with Crippen molar-refractivity contribution in [1.29, 1.82) is 0 Å². The van der Waals surface area contributed by atoms with E-state index < -0.39 is 0 Å². The van der Waals surface area contributed by atoms with Crippen LogP contribution in [0.4, 0.5) is 0 Å². The molecule has 3 nitrogen and oxygen atoms in total. The van der Waals surface area contributed by atoms with Crippen LogP contribution in [0.5, 0.6) is 5.75 Å². The van der Waals surface area contributed by atoms with Crippen molar-refractivity contribution in [3.8, 4) is 5.75 Å². The van der Waals surface area contributed by atoms with E-state index in [0.717, 1.165) is 36.1 Å². The van der Waals surface area contributed by atoms with Gasteiger partial charge in [0.05, 0.1) is 6.04 Å². The third-order valence-corrected chi connectivity index (χ3v) is 4.83. The monoisotopic (exact) mass is 323 g/mol. The molecule has 1 N–H and O–H groups in total. The minimum absolute atomic E-state index is 0.0579. The number of rotatable bonds is 4. The van der Waals surface area contributed by atoms with E-state index in [9.17, 15) is 4.79 Å². The van der Waals surface area contributed by atoms with Gasteiger partial charge >= 0.3 is 0 Å². The lowest BCUT2D eigenvalue weighted by molar-refractivity contribution is -0.124. The summed E-state index contributed by atoms with van der Waals surface area (Å²) in [6.45, 7) is 6.19. The number of carbonyl (C=O) groups is 1. The third kappa shape index (κ3) is 3.61. The van der Waals surface area contributed by atoms with Crippen LogP contribution in [0, 0.1) is 20.8 Å². The molecule has 0 heterocycles. The predicted molar refractivity (Wildman–Crippen MR) is 96.4 cm³/mol. The highest BCUT2D eigenvalue weighted by molar-refractivity contribution is 5.78. The lowest BCUT2D eigenvalue weighted by atomic mass is 9.88. The van der Waals surface area contributed by atoms with Gasteiger partial charge in [-0.05, 0) is 73.9 Å². The van der Waals surface area contributed by atoms with Crippen molar-refractivity contribution in [1.82, 2.24) is 5.32 Å². The maximum absolute atomic E-state index is 12.3. The molecule has 126 valence electrons. The maximum atomic E-state index is 12.3. The summed E-state index contributed by atoms with van der Waals surface area (Å²) in [5, 5.41) is 3.13. The second-order valence-electron chi connectivity index (χ2n) is 6.70. The minimum Gasteiger partial charge on any atom is -0.483 e. The first-order valence-corrected chi connectivity index (χ1v) is 8.62. The number of fused-ring (bicyclic) bond motifs is 1. The van der Waals surface area contributed by atoms with Gasteiger partial charge in [-0.3, -0.25) is 4.79 Å². The van der Waals surface area contributed by atoms with Gasteiger partial charge in [0.1, 0.15) is 5.75 Å². The summed E-state index contributed by atoms with van der Waals surface area (Å²) in [5.41, 5.74) is 6.03. The van der Waals surface area contributed by atoms with Crippen molar-refractivity contribution in [2.45, 2.75) is 46.1 Å². The first-order valence-electron chi connectivity index (χ1n) is 8.62. The Kier molecular flexibility index (Phi) is 4.89. The van der Waals surface area contributed by atoms with Crippen LogP contribution in [0.3, 0.4) is 0 Å². The zero-order valence-electron chi connectivity index (χ0n) is 14.7. The second-order valence-corrected chi connectivity index (χ2v) is 6.70. The molecular formula is C21H25NO2. The quantitative estimate of drug-likeness (QED) is 0.916. The molecule has 0 spiro atoms. The van der Waals surface area contributed by atoms with E-state index in [2.05, 4.69) is 36.5 Å². The fourth-order valence-corrected chi connectivity index (χ4v) is 3.43. The predicted octanol–water partition coefficient (Wildman–Crippen LogP) is 4.18. The summed E-state index contributed by atoms with van der Waals surface area (Å²) >= 11 is 0. The Morgan fingerprint density at radius 3 is 2.83 bits per heavy atom. The highest BCUT2D eigenvalue weighted by Gasteiger charge is 2.21. The van der Waals surface area contributed by atoms with Crippen LogP contribution in [0.1, 0.15) is 46.7 Å². The van der Waals surface area contributed by atoms with Crippen LogP contribution in [0.25, 0.3) is 0 Å². The number of benzene rings is 2. The molecule has 1 aliphatic carbocycles. The molecule has 0 bridgehead atoms. The summed E-state index contributed by atoms with van der Waals surface area (Å²) in [7, 11) is 0. The molecule has 1 atom stereocenters. The summed E-state index contributed by atoms with van der Waals surface area (Å²) in [4.78, 5) is 12.3. The first kappa shape index (κ1) is 16.6. The molecule has 2 aromatic rings. The van der Waals surface area contributed by atoms with Gasteiger partial charge < -0.3 is 10.1 Å². The zero-order chi connectivity index (χ0) is 17.1. The van der Waals surface area contributed by atoms with Gasteiger partial charge in [-0.15, -0.1) is 0 Å². The Balaban J connectivity index is 1.63. The molecule has 1 amide bonds. The van der Waals surface area contributed by atoms with Crippen molar-refractivity contribution >= 4 is 5.91 Å². The van der Waals surface area contributed by atoms with Crippen molar-refractivity contribution in [3.63, 3.8) is 0 Å². The molecule has 0 radical (unpaired) electrons. The Morgan fingerprint density at radius 1 is 1.21 bits per heavy atom. The molecule has 0 aliphatic heterocycles. The lowest BCUT2D eigenvalue weighted by Crippen LogP contribution is -2.34. The van der Waals surface area contributed by atoms with E-state index in [-0.39, 0.29) is 18.6 Å². The molecular weight excluding hydrogens is 298 g/mol. The van der Waals surface area contributed by atoms with Crippen LogP contribution in [-0.2, 0) is 11.2 Å². The molecule has 24 heavy (non-hydrogen) atoms. The average Bonchev–Trinajstić information content (AvgIpc) is 2.57. The Labute approximate surface area is 144 Å². The highest BCUT2D eigenvalue weighted by atomic mass is 16.5. The number of amides is 1. The molecule has 0 unspecified atom stereocenters. The van der Waals surface area contributed by atoms with Crippen LogP contribution in [-0.4, -0.2) is 12.5 Å². The smallest absolute Gasteiger partial charge is 0.258 e. The summed E-state index contributed by atoms with van der Waals surface area (Å²) in [6.07, 6.45) is 3.20. The van der Waals surface area contributed by atoms with Gasteiger partial charge in [-0.25, -0.2) is 0 Å². The standard InChI is InChI=1S/C21H25NO2/c1-14-11-15(2)16(3)20(12-14)24-13-21(23)22-19-10-6-8-17-7-4-5-9-18(17)19/h4-5,7,9,11-12,19H,6,8,10,13H2,1-3H3,(H,22,23)/t19-/m1/s1. The van der Waals surface area contributed by atoms with Crippen LogP contribution >= 0.6 is 0 Å². The number of aryl methyl sites for hydroxylation is 3. The van der Waals surface area contributed by atoms with Crippen LogP contribution < -0.4 is 10.1 Å². The van der Waals surface area contributed by atoms with E-state index in [1.807, 2.05) is 26.0 Å². The van der Waals surface area contributed by atoms with Gasteiger partial charge in [0, 0.05) is 0 Å². The van der Waals surface area contributed by atoms with Gasteiger partial charge in [-0.2, -0.15) is 0 Å². The Hall–Kier alpha value is -2.29. The molecule has 0 aromatic heterocycles. The molecule has 3 rings (SSSR count). The van der Waals surface area contributed by atoms with E-state index in [1.165, 1.54) is 16.7 Å². The third-order valence-electron chi connectivity index (χ3n) is 4.83. The molecule has 2 aromatic carbocycles. The van der Waals surface area contributed by atoms with Gasteiger partial charge in [0.2, 0.25) is 0 Å². The highest BCUT2D eigenvalue weighted by Crippen LogP contribution is 2.29. The minimum atomic E-state index is -0.0599. The van der Waals surface area contributed by atoms with Crippen LogP contribution in [0.15, 0.2) is 36.4 Å². The second kappa shape index (κ2) is 7.08. The van der Waals surface area contributed by atoms with E-state index in [1.54, 1.807) is 0 Å². The van der Waals surface area contributed by atoms with Crippen molar-refractivity contribution in [2.75, 3.05) is 6.61 Å². The van der Waals surface area contributed by atoms with E-state index in [0.29, 0.717) is 0 Å². The molecule has 0 saturated carbocycles. The maximum Gasteiger partial charge on any atom is 0.258 e. The number of hydrogen-bond donors (Lipinski definition) is 1. The largest absolute Gasteiger partial charge is 0.483 e. The number of ether oxygens (including phenoxy) is 1. The van der Waals surface area contributed by atoms with Crippen molar-refractivity contribution in [3.05, 3.63) is 64.2 Å². The summed E-state index contributed by atoms with van der Waals surface area (Å²) in [6, 6.07) is 12.6. The Bertz CT molecular complexity index is 751. The molecule has 3 heteroatoms. The fourth-order valence-electron chi connectivity index (χ4n) is 3.43. The lowest BCUT2D eigenvalue weighted by Gasteiger charge is -2.26. The number of carbonyl (C=O) groups excluding carboxylic acids is 1. The first-order chi connectivity index (χ1) is 11.5. The Morgan fingerprint density at radius 2 is 2.00 bits per heavy atom. The fraction of sp³-hybridized carbons (Fsp3) is 0.381. The van der Waals surface area contributed by atoms with E-state index >= 15 is 0 Å². The van der Waals surface area contributed by atoms with E-state index in [4.69, 9.17) is 4.74 Å². The normalized spacial score (nSPS) is 16.4. The average molecular weight is 323 g/mol. The summed E-state index contributed by atoms with van der Waals surface area (Å²) < 4.78 is 5.78. The van der Waals surface area contributed by atoms with Gasteiger partial charge in [-0.1, -0.05) is 30.3 Å². The SMILES string of the molecule is Cc1cc(C)c(C)c(OCC(=O)N[C@@H]2CCCc3ccccc32)c1. The molecule has 0 fully saturated rings.